The van der Waals surface area contributed by atoms with Crippen LogP contribution in [-0.4, -0.2) is 18.1 Å². The molecule has 2 aromatic rings. The van der Waals surface area contributed by atoms with E-state index in [9.17, 15) is 4.79 Å². The molecule has 1 aliphatic carbocycles. The molecule has 1 atom stereocenters. The summed E-state index contributed by atoms with van der Waals surface area (Å²) in [6.45, 7) is 0. The molecular weight excluding hydrogens is 274 g/mol. The lowest BCUT2D eigenvalue weighted by molar-refractivity contribution is -0.143. The molecule has 3 nitrogen and oxygen atoms in total. The molecule has 1 heterocycles. The minimum atomic E-state index is -0.155. The van der Waals surface area contributed by atoms with Crippen molar-refractivity contribution in [2.24, 2.45) is 5.92 Å². The van der Waals surface area contributed by atoms with Crippen LogP contribution in [-0.2, 0) is 9.53 Å². The summed E-state index contributed by atoms with van der Waals surface area (Å²) in [6, 6.07) is 10.1. The molecule has 1 aromatic carbocycles. The molecule has 22 heavy (non-hydrogen) atoms. The summed E-state index contributed by atoms with van der Waals surface area (Å²) in [4.78, 5) is 16.6. The summed E-state index contributed by atoms with van der Waals surface area (Å²) in [5, 5.41) is 1.08. The van der Waals surface area contributed by atoms with Gasteiger partial charge in [-0.05, 0) is 36.1 Å². The zero-order chi connectivity index (χ0) is 15.4. The Morgan fingerprint density at radius 2 is 2.09 bits per heavy atom. The Balaban J connectivity index is 1.87. The maximum absolute atomic E-state index is 12.3. The standard InChI is InChI=1S/C19H23NO2/c1-22-19(21)17(12-14-6-3-2-4-7-14)15-9-10-18-16(13-15)8-5-11-20-18/h5,8-11,13-14,17H,2-4,6-7,12H2,1H3. The van der Waals surface area contributed by atoms with Crippen LogP contribution in [0, 0.1) is 5.92 Å². The fourth-order valence-corrected chi connectivity index (χ4v) is 3.58. The van der Waals surface area contributed by atoms with Gasteiger partial charge in [0.15, 0.2) is 0 Å². The maximum Gasteiger partial charge on any atom is 0.313 e. The van der Waals surface area contributed by atoms with Gasteiger partial charge in [-0.1, -0.05) is 44.2 Å². The lowest BCUT2D eigenvalue weighted by Crippen LogP contribution is -2.19. The molecule has 0 bridgehead atoms. The molecule has 0 spiro atoms. The predicted molar refractivity (Wildman–Crippen MR) is 87.7 cm³/mol. The number of methoxy groups -OCH3 is 1. The first-order valence-corrected chi connectivity index (χ1v) is 8.20. The molecule has 1 aromatic heterocycles. The second-order valence-corrected chi connectivity index (χ2v) is 6.27. The third-order valence-electron chi connectivity index (χ3n) is 4.81. The third-order valence-corrected chi connectivity index (χ3v) is 4.81. The average Bonchev–Trinajstić information content (AvgIpc) is 2.59. The molecule has 0 saturated heterocycles. The van der Waals surface area contributed by atoms with Crippen LogP contribution in [0.1, 0.15) is 50.0 Å². The highest BCUT2D eigenvalue weighted by atomic mass is 16.5. The molecule has 1 aliphatic rings. The highest BCUT2D eigenvalue weighted by Gasteiger charge is 2.26. The van der Waals surface area contributed by atoms with E-state index in [-0.39, 0.29) is 11.9 Å². The van der Waals surface area contributed by atoms with Crippen LogP contribution in [0.2, 0.25) is 0 Å². The lowest BCUT2D eigenvalue weighted by Gasteiger charge is -2.25. The van der Waals surface area contributed by atoms with E-state index in [4.69, 9.17) is 4.74 Å². The number of hydrogen-bond acceptors (Lipinski definition) is 3. The third kappa shape index (κ3) is 3.29. The van der Waals surface area contributed by atoms with Gasteiger partial charge in [0.2, 0.25) is 0 Å². The molecule has 3 heteroatoms. The van der Waals surface area contributed by atoms with Gasteiger partial charge in [-0.2, -0.15) is 0 Å². The highest BCUT2D eigenvalue weighted by Crippen LogP contribution is 2.34. The topological polar surface area (TPSA) is 39.2 Å². The number of esters is 1. The number of benzene rings is 1. The second kappa shape index (κ2) is 6.91. The predicted octanol–water partition coefficient (Wildman–Crippen LogP) is 4.46. The minimum Gasteiger partial charge on any atom is -0.469 e. The Bertz CT molecular complexity index is 647. The van der Waals surface area contributed by atoms with Gasteiger partial charge in [0, 0.05) is 11.6 Å². The van der Waals surface area contributed by atoms with Crippen molar-refractivity contribution in [2.75, 3.05) is 7.11 Å². The Morgan fingerprint density at radius 1 is 1.27 bits per heavy atom. The zero-order valence-electron chi connectivity index (χ0n) is 13.1. The molecule has 0 amide bonds. The number of carbonyl (C=O) groups excluding carboxylic acids is 1. The summed E-state index contributed by atoms with van der Waals surface area (Å²) in [5.41, 5.74) is 2.02. The van der Waals surface area contributed by atoms with Crippen molar-refractivity contribution in [1.29, 1.82) is 0 Å². The van der Waals surface area contributed by atoms with E-state index in [1.54, 1.807) is 6.20 Å². The first kappa shape index (κ1) is 15.0. The first-order valence-electron chi connectivity index (χ1n) is 8.20. The van der Waals surface area contributed by atoms with Crippen molar-refractivity contribution in [2.45, 2.75) is 44.4 Å². The van der Waals surface area contributed by atoms with Crippen molar-refractivity contribution in [3.8, 4) is 0 Å². The molecule has 116 valence electrons. The van der Waals surface area contributed by atoms with E-state index >= 15 is 0 Å². The van der Waals surface area contributed by atoms with Crippen molar-refractivity contribution in [3.63, 3.8) is 0 Å². The summed E-state index contributed by atoms with van der Waals surface area (Å²) in [5.74, 6) is 0.369. The summed E-state index contributed by atoms with van der Waals surface area (Å²) >= 11 is 0. The quantitative estimate of drug-likeness (QED) is 0.782. The van der Waals surface area contributed by atoms with Crippen molar-refractivity contribution in [3.05, 3.63) is 42.1 Å². The van der Waals surface area contributed by atoms with Crippen molar-refractivity contribution in [1.82, 2.24) is 4.98 Å². The second-order valence-electron chi connectivity index (χ2n) is 6.27. The van der Waals surface area contributed by atoms with Crippen molar-refractivity contribution < 1.29 is 9.53 Å². The van der Waals surface area contributed by atoms with E-state index in [0.717, 1.165) is 22.9 Å². The molecule has 0 radical (unpaired) electrons. The van der Waals surface area contributed by atoms with Crippen LogP contribution in [0.3, 0.4) is 0 Å². The van der Waals surface area contributed by atoms with Gasteiger partial charge >= 0.3 is 5.97 Å². The van der Waals surface area contributed by atoms with Crippen LogP contribution in [0.5, 0.6) is 0 Å². The number of ether oxygens (including phenoxy) is 1. The first-order chi connectivity index (χ1) is 10.8. The summed E-state index contributed by atoms with van der Waals surface area (Å²) in [6.07, 6.45) is 9.09. The van der Waals surface area contributed by atoms with E-state index in [0.29, 0.717) is 5.92 Å². The zero-order valence-corrected chi connectivity index (χ0v) is 13.1. The molecule has 1 saturated carbocycles. The lowest BCUT2D eigenvalue weighted by atomic mass is 9.80. The Morgan fingerprint density at radius 3 is 2.86 bits per heavy atom. The Kier molecular flexibility index (Phi) is 4.71. The number of hydrogen-bond donors (Lipinski definition) is 0. The Hall–Kier alpha value is -1.90. The van der Waals surface area contributed by atoms with Gasteiger partial charge in [-0.3, -0.25) is 9.78 Å². The van der Waals surface area contributed by atoms with Crippen LogP contribution in [0.4, 0.5) is 0 Å². The van der Waals surface area contributed by atoms with Crippen LogP contribution in [0.25, 0.3) is 10.9 Å². The van der Waals surface area contributed by atoms with E-state index < -0.39 is 0 Å². The number of aromatic nitrogens is 1. The van der Waals surface area contributed by atoms with E-state index in [1.807, 2.05) is 24.3 Å². The molecule has 3 rings (SSSR count). The van der Waals surface area contributed by atoms with Crippen LogP contribution < -0.4 is 0 Å². The smallest absolute Gasteiger partial charge is 0.313 e. The van der Waals surface area contributed by atoms with Gasteiger partial charge in [-0.25, -0.2) is 0 Å². The molecule has 0 N–H and O–H groups in total. The van der Waals surface area contributed by atoms with Gasteiger partial charge in [0.1, 0.15) is 0 Å². The number of fused-ring (bicyclic) bond motifs is 1. The Labute approximate surface area is 131 Å². The average molecular weight is 297 g/mol. The summed E-state index contributed by atoms with van der Waals surface area (Å²) in [7, 11) is 1.48. The molecule has 1 fully saturated rings. The molecule has 0 aliphatic heterocycles. The number of carbonyl (C=O) groups is 1. The monoisotopic (exact) mass is 297 g/mol. The highest BCUT2D eigenvalue weighted by molar-refractivity contribution is 5.83. The fraction of sp³-hybridized carbons (Fsp3) is 0.474. The minimum absolute atomic E-state index is 0.117. The number of rotatable bonds is 4. The fourth-order valence-electron chi connectivity index (χ4n) is 3.58. The van der Waals surface area contributed by atoms with Gasteiger partial charge < -0.3 is 4.74 Å². The largest absolute Gasteiger partial charge is 0.469 e. The van der Waals surface area contributed by atoms with Crippen LogP contribution >= 0.6 is 0 Å². The van der Waals surface area contributed by atoms with Crippen molar-refractivity contribution >= 4 is 16.9 Å². The maximum atomic E-state index is 12.3. The van der Waals surface area contributed by atoms with Gasteiger partial charge in [0.05, 0.1) is 18.5 Å². The number of nitrogens with zero attached hydrogens (tertiary/aromatic N) is 1. The molecule has 1 unspecified atom stereocenters. The van der Waals surface area contributed by atoms with Gasteiger partial charge in [0.25, 0.3) is 0 Å². The SMILES string of the molecule is COC(=O)C(CC1CCCCC1)c1ccc2ncccc2c1. The number of pyridine rings is 1. The van der Waals surface area contributed by atoms with Gasteiger partial charge in [-0.15, -0.1) is 0 Å². The summed E-state index contributed by atoms with van der Waals surface area (Å²) < 4.78 is 5.07. The molecular formula is C19H23NO2. The normalized spacial score (nSPS) is 17.3. The van der Waals surface area contributed by atoms with Crippen LogP contribution in [0.15, 0.2) is 36.5 Å². The van der Waals surface area contributed by atoms with E-state index in [1.165, 1.54) is 39.2 Å². The van der Waals surface area contributed by atoms with E-state index in [2.05, 4.69) is 11.1 Å².